The molecular formula is C12H19FN2O. The summed E-state index contributed by atoms with van der Waals surface area (Å²) in [6, 6.07) is 5.06. The van der Waals surface area contributed by atoms with Crippen molar-refractivity contribution in [2.75, 3.05) is 26.7 Å². The minimum absolute atomic E-state index is 0.297. The molecule has 1 rings (SSSR count). The van der Waals surface area contributed by atoms with E-state index >= 15 is 0 Å². The van der Waals surface area contributed by atoms with E-state index < -0.39 is 0 Å². The van der Waals surface area contributed by atoms with Gasteiger partial charge >= 0.3 is 0 Å². The van der Waals surface area contributed by atoms with E-state index in [2.05, 4.69) is 10.6 Å². The number of hydrogen-bond acceptors (Lipinski definition) is 3. The molecule has 0 radical (unpaired) electrons. The number of likely N-dealkylation sites (N-methyl/N-ethyl adjacent to an activating group) is 1. The summed E-state index contributed by atoms with van der Waals surface area (Å²) in [7, 11) is 1.90. The summed E-state index contributed by atoms with van der Waals surface area (Å²) < 4.78 is 18.6. The van der Waals surface area contributed by atoms with Gasteiger partial charge in [0.15, 0.2) is 11.6 Å². The molecule has 1 aromatic rings. The summed E-state index contributed by atoms with van der Waals surface area (Å²) in [6.45, 7) is 4.76. The van der Waals surface area contributed by atoms with E-state index in [-0.39, 0.29) is 5.82 Å². The second-order valence-corrected chi connectivity index (χ2v) is 3.48. The van der Waals surface area contributed by atoms with E-state index in [1.165, 1.54) is 6.07 Å². The van der Waals surface area contributed by atoms with Gasteiger partial charge in [-0.05, 0) is 31.7 Å². The molecule has 0 saturated heterocycles. The smallest absolute Gasteiger partial charge is 0.165 e. The molecule has 4 heteroatoms. The third-order valence-corrected chi connectivity index (χ3v) is 2.18. The predicted molar refractivity (Wildman–Crippen MR) is 63.2 cm³/mol. The molecule has 0 aromatic heterocycles. The molecule has 0 amide bonds. The van der Waals surface area contributed by atoms with Crippen molar-refractivity contribution in [2.45, 2.75) is 13.5 Å². The molecule has 0 aliphatic heterocycles. The largest absolute Gasteiger partial charge is 0.491 e. The quantitative estimate of drug-likeness (QED) is 0.692. The fourth-order valence-corrected chi connectivity index (χ4v) is 1.37. The van der Waals surface area contributed by atoms with Crippen molar-refractivity contribution in [1.82, 2.24) is 10.6 Å². The van der Waals surface area contributed by atoms with Gasteiger partial charge in [0.05, 0.1) is 6.61 Å². The third kappa shape index (κ3) is 4.16. The highest BCUT2D eigenvalue weighted by Gasteiger charge is 2.03. The maximum absolute atomic E-state index is 13.4. The highest BCUT2D eigenvalue weighted by molar-refractivity contribution is 5.29. The first kappa shape index (κ1) is 12.9. The average Bonchev–Trinajstić information content (AvgIpc) is 2.28. The number of benzene rings is 1. The number of halogens is 1. The van der Waals surface area contributed by atoms with Gasteiger partial charge in [-0.1, -0.05) is 6.07 Å². The molecule has 0 heterocycles. The summed E-state index contributed by atoms with van der Waals surface area (Å²) in [4.78, 5) is 0. The highest BCUT2D eigenvalue weighted by atomic mass is 19.1. The molecule has 0 atom stereocenters. The van der Waals surface area contributed by atoms with Crippen molar-refractivity contribution in [3.05, 3.63) is 29.6 Å². The Morgan fingerprint density at radius 1 is 1.31 bits per heavy atom. The Bertz CT molecular complexity index is 318. The lowest BCUT2D eigenvalue weighted by Crippen LogP contribution is -2.24. The van der Waals surface area contributed by atoms with Crippen molar-refractivity contribution in [3.8, 4) is 5.75 Å². The zero-order chi connectivity index (χ0) is 11.8. The summed E-state index contributed by atoms with van der Waals surface area (Å²) in [5.41, 5.74) is 0.928. The van der Waals surface area contributed by atoms with Crippen LogP contribution >= 0.6 is 0 Å². The first-order valence-electron chi connectivity index (χ1n) is 5.54. The molecule has 0 aliphatic rings. The molecule has 0 aliphatic carbocycles. The number of hydrogen-bond donors (Lipinski definition) is 2. The lowest BCUT2D eigenvalue weighted by molar-refractivity contribution is 0.321. The van der Waals surface area contributed by atoms with Gasteiger partial charge in [-0.2, -0.15) is 0 Å². The summed E-state index contributed by atoms with van der Waals surface area (Å²) in [5, 5.41) is 6.25. The SMILES string of the molecule is CCOc1ccc(CNCCNC)cc1F. The van der Waals surface area contributed by atoms with Crippen LogP contribution in [0.1, 0.15) is 12.5 Å². The normalized spacial score (nSPS) is 10.4. The fraction of sp³-hybridized carbons (Fsp3) is 0.500. The zero-order valence-corrected chi connectivity index (χ0v) is 9.85. The first-order chi connectivity index (χ1) is 7.77. The van der Waals surface area contributed by atoms with Crippen LogP contribution in [-0.2, 0) is 6.54 Å². The van der Waals surface area contributed by atoms with Crippen LogP contribution < -0.4 is 15.4 Å². The van der Waals surface area contributed by atoms with E-state index in [0.29, 0.717) is 18.9 Å². The monoisotopic (exact) mass is 226 g/mol. The summed E-state index contributed by atoms with van der Waals surface area (Å²) >= 11 is 0. The molecule has 0 unspecified atom stereocenters. The minimum atomic E-state index is -0.297. The lowest BCUT2D eigenvalue weighted by atomic mass is 10.2. The molecular weight excluding hydrogens is 207 g/mol. The lowest BCUT2D eigenvalue weighted by Gasteiger charge is -2.07. The van der Waals surface area contributed by atoms with E-state index in [1.54, 1.807) is 6.07 Å². The number of nitrogens with one attached hydrogen (secondary N) is 2. The second kappa shape index (κ2) is 7.19. The minimum Gasteiger partial charge on any atom is -0.491 e. The van der Waals surface area contributed by atoms with Crippen molar-refractivity contribution in [2.24, 2.45) is 0 Å². The molecule has 0 saturated carbocycles. The fourth-order valence-electron chi connectivity index (χ4n) is 1.37. The van der Waals surface area contributed by atoms with Crippen molar-refractivity contribution in [1.29, 1.82) is 0 Å². The molecule has 90 valence electrons. The first-order valence-corrected chi connectivity index (χ1v) is 5.54. The Kier molecular flexibility index (Phi) is 5.82. The summed E-state index contributed by atoms with van der Waals surface area (Å²) in [5.74, 6) is 0.0243. The van der Waals surface area contributed by atoms with Gasteiger partial charge in [0.25, 0.3) is 0 Å². The number of rotatable bonds is 7. The van der Waals surface area contributed by atoms with Crippen LogP contribution in [0, 0.1) is 5.82 Å². The van der Waals surface area contributed by atoms with Gasteiger partial charge in [0.2, 0.25) is 0 Å². The van der Waals surface area contributed by atoms with Crippen molar-refractivity contribution in [3.63, 3.8) is 0 Å². The van der Waals surface area contributed by atoms with Gasteiger partial charge in [-0.25, -0.2) is 4.39 Å². The molecule has 2 N–H and O–H groups in total. The van der Waals surface area contributed by atoms with Crippen LogP contribution in [0.5, 0.6) is 5.75 Å². The number of ether oxygens (including phenoxy) is 1. The molecule has 16 heavy (non-hydrogen) atoms. The van der Waals surface area contributed by atoms with Gasteiger partial charge < -0.3 is 15.4 Å². The Balaban J connectivity index is 2.46. The standard InChI is InChI=1S/C12H19FN2O/c1-3-16-12-5-4-10(8-11(12)13)9-15-7-6-14-2/h4-5,8,14-15H,3,6-7,9H2,1-2H3. The van der Waals surface area contributed by atoms with Crippen LogP contribution in [0.2, 0.25) is 0 Å². The third-order valence-electron chi connectivity index (χ3n) is 2.18. The van der Waals surface area contributed by atoms with Crippen molar-refractivity contribution >= 4 is 0 Å². The Morgan fingerprint density at radius 2 is 2.12 bits per heavy atom. The maximum atomic E-state index is 13.4. The van der Waals surface area contributed by atoms with E-state index in [1.807, 2.05) is 20.0 Å². The van der Waals surface area contributed by atoms with Crippen LogP contribution in [0.3, 0.4) is 0 Å². The topological polar surface area (TPSA) is 33.3 Å². The highest BCUT2D eigenvalue weighted by Crippen LogP contribution is 2.18. The van der Waals surface area contributed by atoms with Crippen LogP contribution in [-0.4, -0.2) is 26.7 Å². The molecule has 1 aromatic carbocycles. The maximum Gasteiger partial charge on any atom is 0.165 e. The van der Waals surface area contributed by atoms with Gasteiger partial charge in [0.1, 0.15) is 0 Å². The van der Waals surface area contributed by atoms with E-state index in [4.69, 9.17) is 4.74 Å². The van der Waals surface area contributed by atoms with Crippen LogP contribution in [0.15, 0.2) is 18.2 Å². The van der Waals surface area contributed by atoms with E-state index in [9.17, 15) is 4.39 Å². The summed E-state index contributed by atoms with van der Waals surface area (Å²) in [6.07, 6.45) is 0. The average molecular weight is 226 g/mol. The van der Waals surface area contributed by atoms with Crippen LogP contribution in [0.25, 0.3) is 0 Å². The molecule has 3 nitrogen and oxygen atoms in total. The van der Waals surface area contributed by atoms with Crippen LogP contribution in [0.4, 0.5) is 4.39 Å². The Morgan fingerprint density at radius 3 is 2.75 bits per heavy atom. The Labute approximate surface area is 96.0 Å². The molecule has 0 fully saturated rings. The Hall–Kier alpha value is -1.13. The second-order valence-electron chi connectivity index (χ2n) is 3.48. The van der Waals surface area contributed by atoms with Crippen molar-refractivity contribution < 1.29 is 9.13 Å². The zero-order valence-electron chi connectivity index (χ0n) is 9.85. The van der Waals surface area contributed by atoms with E-state index in [0.717, 1.165) is 18.7 Å². The van der Waals surface area contributed by atoms with Gasteiger partial charge in [-0.3, -0.25) is 0 Å². The molecule has 0 bridgehead atoms. The predicted octanol–water partition coefficient (Wildman–Crippen LogP) is 1.53. The van der Waals surface area contributed by atoms with Gasteiger partial charge in [0, 0.05) is 19.6 Å². The molecule has 0 spiro atoms. The van der Waals surface area contributed by atoms with Gasteiger partial charge in [-0.15, -0.1) is 0 Å².